The third-order valence-electron chi connectivity index (χ3n) is 5.15. The van der Waals surface area contributed by atoms with E-state index in [4.69, 9.17) is 0 Å². The zero-order chi connectivity index (χ0) is 21.8. The molecule has 0 atom stereocenters. The summed E-state index contributed by atoms with van der Waals surface area (Å²) in [7, 11) is 0. The highest BCUT2D eigenvalue weighted by Gasteiger charge is 2.18. The summed E-state index contributed by atoms with van der Waals surface area (Å²) in [6, 6.07) is 28.7. The third-order valence-corrected chi connectivity index (χ3v) is 6.13. The molecule has 4 rings (SSSR count). The first-order valence-electron chi connectivity index (χ1n) is 10.2. The van der Waals surface area contributed by atoms with E-state index >= 15 is 0 Å². The Hall–Kier alpha value is -3.36. The van der Waals surface area contributed by atoms with E-state index < -0.39 is 0 Å². The summed E-state index contributed by atoms with van der Waals surface area (Å²) >= 11 is 1.59. The van der Waals surface area contributed by atoms with Gasteiger partial charge in [-0.15, -0.1) is 10.2 Å². The summed E-state index contributed by atoms with van der Waals surface area (Å²) in [4.78, 5) is 0. The Bertz CT molecular complexity index is 1210. The van der Waals surface area contributed by atoms with Crippen molar-refractivity contribution in [3.05, 3.63) is 95.6 Å². The highest BCUT2D eigenvalue weighted by atomic mass is 32.2. The number of rotatable bonds is 5. The van der Waals surface area contributed by atoms with E-state index in [1.807, 2.05) is 42.5 Å². The van der Waals surface area contributed by atoms with Crippen LogP contribution in [-0.4, -0.2) is 14.8 Å². The van der Waals surface area contributed by atoms with Gasteiger partial charge in [0.1, 0.15) is 0 Å². The van der Waals surface area contributed by atoms with Crippen LogP contribution < -0.4 is 0 Å². The van der Waals surface area contributed by atoms with E-state index in [0.29, 0.717) is 11.3 Å². The van der Waals surface area contributed by atoms with Crippen LogP contribution in [0.25, 0.3) is 17.1 Å². The fraction of sp³-hybridized carbons (Fsp3) is 0.192. The third kappa shape index (κ3) is 4.55. The summed E-state index contributed by atoms with van der Waals surface area (Å²) in [5.41, 5.74) is 5.10. The van der Waals surface area contributed by atoms with Crippen LogP contribution in [0.3, 0.4) is 0 Å². The molecule has 4 aromatic rings. The van der Waals surface area contributed by atoms with E-state index in [1.54, 1.807) is 11.8 Å². The summed E-state index contributed by atoms with van der Waals surface area (Å²) in [6.07, 6.45) is 0. The van der Waals surface area contributed by atoms with Crippen molar-refractivity contribution in [2.45, 2.75) is 37.1 Å². The summed E-state index contributed by atoms with van der Waals surface area (Å²) < 4.78 is 2.09. The fourth-order valence-corrected chi connectivity index (χ4v) is 4.33. The molecule has 154 valence electrons. The van der Waals surface area contributed by atoms with Crippen LogP contribution in [-0.2, 0) is 11.2 Å². The molecule has 0 saturated heterocycles. The van der Waals surface area contributed by atoms with Gasteiger partial charge >= 0.3 is 0 Å². The van der Waals surface area contributed by atoms with Gasteiger partial charge in [0, 0.05) is 17.0 Å². The number of aromatic nitrogens is 3. The van der Waals surface area contributed by atoms with Crippen LogP contribution in [0.5, 0.6) is 0 Å². The highest BCUT2D eigenvalue weighted by molar-refractivity contribution is 7.98. The van der Waals surface area contributed by atoms with Gasteiger partial charge in [0.05, 0.1) is 11.6 Å². The largest absolute Gasteiger partial charge is 0.270 e. The SMILES string of the molecule is CC(C)(C)c1ccc(-c2nnc(SCc3ccccc3C#N)n2-c2ccccc2)cc1. The first-order chi connectivity index (χ1) is 15.0. The van der Waals surface area contributed by atoms with Gasteiger partial charge in [0.2, 0.25) is 0 Å². The van der Waals surface area contributed by atoms with Crippen molar-refractivity contribution in [1.82, 2.24) is 14.8 Å². The lowest BCUT2D eigenvalue weighted by atomic mass is 9.87. The van der Waals surface area contributed by atoms with E-state index in [-0.39, 0.29) is 5.41 Å². The zero-order valence-electron chi connectivity index (χ0n) is 17.9. The van der Waals surface area contributed by atoms with Crippen molar-refractivity contribution >= 4 is 11.8 Å². The maximum Gasteiger partial charge on any atom is 0.196 e. The number of hydrogen-bond acceptors (Lipinski definition) is 4. The number of hydrogen-bond donors (Lipinski definition) is 0. The topological polar surface area (TPSA) is 54.5 Å². The van der Waals surface area contributed by atoms with Gasteiger partial charge < -0.3 is 0 Å². The highest BCUT2D eigenvalue weighted by Crippen LogP contribution is 2.31. The normalized spacial score (nSPS) is 11.3. The first kappa shape index (κ1) is 20.9. The summed E-state index contributed by atoms with van der Waals surface area (Å²) in [5, 5.41) is 19.2. The second-order valence-corrected chi connectivity index (χ2v) is 9.30. The molecule has 0 fully saturated rings. The average Bonchev–Trinajstić information content (AvgIpc) is 3.22. The summed E-state index contributed by atoms with van der Waals surface area (Å²) in [6.45, 7) is 6.63. The molecule has 0 spiro atoms. The number of benzene rings is 3. The molecule has 4 nitrogen and oxygen atoms in total. The van der Waals surface area contributed by atoms with Gasteiger partial charge in [-0.2, -0.15) is 5.26 Å². The molecule has 3 aromatic carbocycles. The van der Waals surface area contributed by atoms with Gasteiger partial charge in [0.15, 0.2) is 11.0 Å². The van der Waals surface area contributed by atoms with Crippen LogP contribution in [0, 0.1) is 11.3 Å². The van der Waals surface area contributed by atoms with Crippen molar-refractivity contribution in [3.8, 4) is 23.1 Å². The minimum absolute atomic E-state index is 0.0980. The van der Waals surface area contributed by atoms with Crippen LogP contribution in [0.4, 0.5) is 0 Å². The Morgan fingerprint density at radius 1 is 0.871 bits per heavy atom. The van der Waals surface area contributed by atoms with Crippen molar-refractivity contribution in [2.24, 2.45) is 0 Å². The molecule has 0 unspecified atom stereocenters. The van der Waals surface area contributed by atoms with Gasteiger partial charge in [-0.25, -0.2) is 0 Å². The van der Waals surface area contributed by atoms with Crippen molar-refractivity contribution in [3.63, 3.8) is 0 Å². The lowest BCUT2D eigenvalue weighted by molar-refractivity contribution is 0.590. The molecule has 0 amide bonds. The predicted octanol–water partition coefficient (Wildman–Crippen LogP) is 6.40. The molecule has 0 saturated carbocycles. The van der Waals surface area contributed by atoms with Gasteiger partial charge in [-0.1, -0.05) is 93.2 Å². The molecule has 0 aliphatic heterocycles. The van der Waals surface area contributed by atoms with Crippen LogP contribution in [0.2, 0.25) is 0 Å². The molecule has 0 radical (unpaired) electrons. The minimum atomic E-state index is 0.0980. The van der Waals surface area contributed by atoms with Crippen LogP contribution >= 0.6 is 11.8 Å². The molecule has 0 N–H and O–H groups in total. The Morgan fingerprint density at radius 2 is 1.55 bits per heavy atom. The molecule has 1 aromatic heterocycles. The lowest BCUT2D eigenvalue weighted by Crippen LogP contribution is -2.10. The standard InChI is InChI=1S/C26H24N4S/c1-26(2,3)22-15-13-19(14-16-22)24-28-29-25(30(24)23-11-5-4-6-12-23)31-18-21-10-8-7-9-20(21)17-27/h4-16H,18H2,1-3H3. The Labute approximate surface area is 187 Å². The predicted molar refractivity (Wildman–Crippen MR) is 126 cm³/mol. The zero-order valence-corrected chi connectivity index (χ0v) is 18.7. The van der Waals surface area contributed by atoms with Gasteiger partial charge in [-0.05, 0) is 34.7 Å². The smallest absolute Gasteiger partial charge is 0.196 e. The molecular weight excluding hydrogens is 400 g/mol. The van der Waals surface area contributed by atoms with Crippen molar-refractivity contribution < 1.29 is 0 Å². The number of nitriles is 1. The van der Waals surface area contributed by atoms with Crippen LogP contribution in [0.1, 0.15) is 37.5 Å². The average molecular weight is 425 g/mol. The second kappa shape index (κ2) is 8.79. The van der Waals surface area contributed by atoms with E-state index in [0.717, 1.165) is 27.8 Å². The molecule has 31 heavy (non-hydrogen) atoms. The van der Waals surface area contributed by atoms with Crippen LogP contribution in [0.15, 0.2) is 84.0 Å². The maximum atomic E-state index is 9.39. The Balaban J connectivity index is 1.72. The van der Waals surface area contributed by atoms with Gasteiger partial charge in [0.25, 0.3) is 0 Å². The van der Waals surface area contributed by atoms with E-state index in [9.17, 15) is 5.26 Å². The van der Waals surface area contributed by atoms with Crippen molar-refractivity contribution in [1.29, 1.82) is 5.26 Å². The second-order valence-electron chi connectivity index (χ2n) is 8.36. The molecule has 0 aliphatic carbocycles. The maximum absolute atomic E-state index is 9.39. The van der Waals surface area contributed by atoms with Crippen molar-refractivity contribution in [2.75, 3.05) is 0 Å². The summed E-state index contributed by atoms with van der Waals surface area (Å²) in [5.74, 6) is 1.46. The number of thioether (sulfide) groups is 1. The Morgan fingerprint density at radius 3 is 2.23 bits per heavy atom. The molecule has 0 bridgehead atoms. The molecule has 5 heteroatoms. The minimum Gasteiger partial charge on any atom is -0.270 e. The molecule has 1 heterocycles. The fourth-order valence-electron chi connectivity index (χ4n) is 3.38. The lowest BCUT2D eigenvalue weighted by Gasteiger charge is -2.19. The monoisotopic (exact) mass is 424 g/mol. The molecule has 0 aliphatic rings. The number of nitrogens with zero attached hydrogens (tertiary/aromatic N) is 4. The number of para-hydroxylation sites is 1. The van der Waals surface area contributed by atoms with Gasteiger partial charge in [-0.3, -0.25) is 4.57 Å². The first-order valence-corrected chi connectivity index (χ1v) is 11.2. The quantitative estimate of drug-likeness (QED) is 0.348. The van der Waals surface area contributed by atoms with E-state index in [2.05, 4.69) is 78.0 Å². The Kier molecular flexibility index (Phi) is 5.92. The van der Waals surface area contributed by atoms with E-state index in [1.165, 1.54) is 5.56 Å². The molecular formula is C26H24N4S.